The maximum absolute atomic E-state index is 12.5. The summed E-state index contributed by atoms with van der Waals surface area (Å²) in [6.07, 6.45) is 1.72. The van der Waals surface area contributed by atoms with Gasteiger partial charge in [0.15, 0.2) is 11.7 Å². The zero-order valence-electron chi connectivity index (χ0n) is 18.2. The third kappa shape index (κ3) is 4.98. The second-order valence-electron chi connectivity index (χ2n) is 7.71. The van der Waals surface area contributed by atoms with Gasteiger partial charge in [0.1, 0.15) is 0 Å². The Morgan fingerprint density at radius 3 is 2.56 bits per heavy atom. The third-order valence-corrected chi connectivity index (χ3v) is 5.16. The Morgan fingerprint density at radius 2 is 1.81 bits per heavy atom. The Morgan fingerprint density at radius 1 is 1.06 bits per heavy atom. The van der Waals surface area contributed by atoms with E-state index in [2.05, 4.69) is 27.5 Å². The number of amides is 2. The van der Waals surface area contributed by atoms with E-state index in [0.717, 1.165) is 33.3 Å². The molecule has 6 nitrogen and oxygen atoms in total. The molecule has 0 spiro atoms. The monoisotopic (exact) mass is 426 g/mol. The van der Waals surface area contributed by atoms with Crippen molar-refractivity contribution in [2.75, 3.05) is 11.9 Å². The second-order valence-corrected chi connectivity index (χ2v) is 7.71. The predicted molar refractivity (Wildman–Crippen MR) is 129 cm³/mol. The van der Waals surface area contributed by atoms with E-state index in [1.165, 1.54) is 0 Å². The number of fused-ring (bicyclic) bond motifs is 1. The first-order valence-corrected chi connectivity index (χ1v) is 10.5. The van der Waals surface area contributed by atoms with Crippen LogP contribution in [0.4, 0.5) is 10.5 Å². The number of urea groups is 1. The summed E-state index contributed by atoms with van der Waals surface area (Å²) in [5, 5.41) is 11.3. The van der Waals surface area contributed by atoms with Crippen molar-refractivity contribution in [1.29, 1.82) is 0 Å². The molecule has 2 amide bonds. The number of hydrogen-bond donors (Lipinski definition) is 3. The van der Waals surface area contributed by atoms with Crippen LogP contribution in [-0.2, 0) is 0 Å². The summed E-state index contributed by atoms with van der Waals surface area (Å²) >= 11 is 0. The van der Waals surface area contributed by atoms with Gasteiger partial charge in [-0.2, -0.15) is 0 Å². The highest BCUT2D eigenvalue weighted by Gasteiger charge is 2.11. The van der Waals surface area contributed by atoms with E-state index in [9.17, 15) is 4.79 Å². The van der Waals surface area contributed by atoms with E-state index in [-0.39, 0.29) is 12.1 Å². The van der Waals surface area contributed by atoms with Gasteiger partial charge in [-0.05, 0) is 42.0 Å². The number of rotatable bonds is 7. The number of anilines is 1. The number of nitrogens with zero attached hydrogens (tertiary/aromatic N) is 1. The van der Waals surface area contributed by atoms with Crippen LogP contribution in [0.5, 0.6) is 0 Å². The van der Waals surface area contributed by atoms with Crippen molar-refractivity contribution in [3.05, 3.63) is 91.0 Å². The molecule has 3 N–H and O–H groups in total. The topological polar surface area (TPSA) is 79.2 Å². The summed E-state index contributed by atoms with van der Waals surface area (Å²) in [4.78, 5) is 16.6. The molecule has 1 aromatic heterocycles. The highest BCUT2D eigenvalue weighted by Crippen LogP contribution is 2.23. The summed E-state index contributed by atoms with van der Waals surface area (Å²) in [7, 11) is 0. The Kier molecular flexibility index (Phi) is 6.22. The minimum Gasteiger partial charge on any atom is -0.441 e. The molecule has 1 unspecified atom stereocenters. The lowest BCUT2D eigenvalue weighted by molar-refractivity contribution is 0.242. The van der Waals surface area contributed by atoms with Crippen LogP contribution in [0.3, 0.4) is 0 Å². The third-order valence-electron chi connectivity index (χ3n) is 5.16. The zero-order valence-corrected chi connectivity index (χ0v) is 18.2. The van der Waals surface area contributed by atoms with Gasteiger partial charge in [0.2, 0.25) is 0 Å². The van der Waals surface area contributed by atoms with E-state index >= 15 is 0 Å². The van der Waals surface area contributed by atoms with Crippen LogP contribution in [0.25, 0.3) is 27.8 Å². The van der Waals surface area contributed by atoms with Crippen LogP contribution in [0, 0.1) is 6.92 Å². The fourth-order valence-corrected chi connectivity index (χ4v) is 3.52. The molecule has 1 atom stereocenters. The molecule has 1 heterocycles. The Balaban J connectivity index is 1.29. The molecule has 32 heavy (non-hydrogen) atoms. The largest absolute Gasteiger partial charge is 0.441 e. The molecule has 6 heteroatoms. The number of aromatic nitrogens is 1. The highest BCUT2D eigenvalue weighted by molar-refractivity contribution is 5.96. The lowest BCUT2D eigenvalue weighted by Gasteiger charge is -2.17. The molecule has 0 saturated heterocycles. The molecule has 0 aliphatic rings. The molecule has 4 rings (SSSR count). The van der Waals surface area contributed by atoms with Crippen molar-refractivity contribution in [2.45, 2.75) is 19.9 Å². The molecule has 0 aliphatic carbocycles. The van der Waals surface area contributed by atoms with E-state index < -0.39 is 0 Å². The average Bonchev–Trinajstić information content (AvgIpc) is 3.23. The van der Waals surface area contributed by atoms with Crippen LogP contribution in [0.15, 0.2) is 83.9 Å². The van der Waals surface area contributed by atoms with Crippen LogP contribution in [0.2, 0.25) is 0 Å². The summed E-state index contributed by atoms with van der Waals surface area (Å²) in [6.45, 7) is 8.39. The number of carbonyl (C=O) groups excluding carboxylic acids is 1. The number of aryl methyl sites for hydroxylation is 1. The summed E-state index contributed by atoms with van der Waals surface area (Å²) < 4.78 is 5.55. The molecular weight excluding hydrogens is 400 g/mol. The first kappa shape index (κ1) is 21.2. The first-order chi connectivity index (χ1) is 15.5. The number of oxazole rings is 1. The molecule has 4 aromatic rings. The predicted octanol–water partition coefficient (Wildman–Crippen LogP) is 5.57. The SMILES string of the molecule is C=C(NC(=O)NC(C)CNc1ccc(-c2cnc(C)o2)cc1)c1cccc2ccccc12. The maximum Gasteiger partial charge on any atom is 0.319 e. The van der Waals surface area contributed by atoms with Crippen molar-refractivity contribution in [1.82, 2.24) is 15.6 Å². The molecule has 0 bridgehead atoms. The van der Waals surface area contributed by atoms with E-state index in [4.69, 9.17) is 4.42 Å². The number of hydrogen-bond acceptors (Lipinski definition) is 4. The van der Waals surface area contributed by atoms with Gasteiger partial charge in [0.25, 0.3) is 0 Å². The van der Waals surface area contributed by atoms with E-state index in [1.54, 1.807) is 6.20 Å². The van der Waals surface area contributed by atoms with Gasteiger partial charge >= 0.3 is 6.03 Å². The van der Waals surface area contributed by atoms with Crippen molar-refractivity contribution in [3.8, 4) is 11.3 Å². The van der Waals surface area contributed by atoms with Crippen LogP contribution in [-0.4, -0.2) is 23.6 Å². The van der Waals surface area contributed by atoms with Gasteiger partial charge in [-0.25, -0.2) is 9.78 Å². The van der Waals surface area contributed by atoms with Crippen molar-refractivity contribution in [2.24, 2.45) is 0 Å². The molecule has 0 saturated carbocycles. The summed E-state index contributed by atoms with van der Waals surface area (Å²) in [5.41, 5.74) is 3.40. The smallest absolute Gasteiger partial charge is 0.319 e. The van der Waals surface area contributed by atoms with Crippen LogP contribution < -0.4 is 16.0 Å². The standard InChI is InChI=1S/C26H26N4O2/c1-17(15-28-22-13-11-21(12-14-22)25-16-27-19(3)32-25)29-26(31)30-18(2)23-10-6-8-20-7-4-5-9-24(20)23/h4-14,16-17,28H,2,15H2,1,3H3,(H2,29,30,31). The van der Waals surface area contributed by atoms with Gasteiger partial charge in [0.05, 0.1) is 6.20 Å². The van der Waals surface area contributed by atoms with Crippen molar-refractivity contribution >= 4 is 28.2 Å². The lowest BCUT2D eigenvalue weighted by Crippen LogP contribution is -2.42. The zero-order chi connectivity index (χ0) is 22.5. The lowest BCUT2D eigenvalue weighted by atomic mass is 10.0. The fraction of sp³-hybridized carbons (Fsp3) is 0.154. The molecular formula is C26H26N4O2. The summed E-state index contributed by atoms with van der Waals surface area (Å²) in [6, 6.07) is 21.5. The van der Waals surface area contributed by atoms with E-state index in [1.807, 2.05) is 80.6 Å². The quantitative estimate of drug-likeness (QED) is 0.361. The molecule has 3 aromatic carbocycles. The average molecular weight is 427 g/mol. The first-order valence-electron chi connectivity index (χ1n) is 10.5. The molecule has 0 aliphatic heterocycles. The number of carbonyl (C=O) groups is 1. The molecule has 162 valence electrons. The maximum atomic E-state index is 12.5. The molecule has 0 radical (unpaired) electrons. The van der Waals surface area contributed by atoms with Gasteiger partial charge in [-0.3, -0.25) is 0 Å². The van der Waals surface area contributed by atoms with Gasteiger partial charge < -0.3 is 20.4 Å². The number of benzene rings is 3. The normalized spacial score (nSPS) is 11.7. The van der Waals surface area contributed by atoms with Crippen LogP contribution >= 0.6 is 0 Å². The highest BCUT2D eigenvalue weighted by atomic mass is 16.4. The van der Waals surface area contributed by atoms with Crippen molar-refractivity contribution < 1.29 is 9.21 Å². The Labute approximate surface area is 187 Å². The summed E-state index contributed by atoms with van der Waals surface area (Å²) in [5.74, 6) is 1.38. The van der Waals surface area contributed by atoms with Crippen LogP contribution in [0.1, 0.15) is 18.4 Å². The second kappa shape index (κ2) is 9.39. The Bertz CT molecular complexity index is 1240. The van der Waals surface area contributed by atoms with Gasteiger partial charge in [-0.15, -0.1) is 0 Å². The van der Waals surface area contributed by atoms with Gasteiger partial charge in [0, 0.05) is 42.0 Å². The fourth-order valence-electron chi connectivity index (χ4n) is 3.52. The Hall–Kier alpha value is -4.06. The van der Waals surface area contributed by atoms with Crippen molar-refractivity contribution in [3.63, 3.8) is 0 Å². The minimum absolute atomic E-state index is 0.0908. The minimum atomic E-state index is -0.284. The molecule has 0 fully saturated rings. The van der Waals surface area contributed by atoms with E-state index in [0.29, 0.717) is 18.1 Å². The number of nitrogens with one attached hydrogen (secondary N) is 3. The van der Waals surface area contributed by atoms with Gasteiger partial charge in [-0.1, -0.05) is 49.0 Å².